The van der Waals surface area contributed by atoms with E-state index in [0.717, 1.165) is 28.9 Å². The fraction of sp³-hybridized carbons (Fsp3) is 0.409. The Morgan fingerprint density at radius 3 is 2.79 bits per heavy atom. The van der Waals surface area contributed by atoms with Gasteiger partial charge >= 0.3 is 5.97 Å². The van der Waals surface area contributed by atoms with E-state index in [-0.39, 0.29) is 6.61 Å². The highest BCUT2D eigenvalue weighted by molar-refractivity contribution is 7.19. The first-order chi connectivity index (χ1) is 14.1. The van der Waals surface area contributed by atoms with Gasteiger partial charge in [0.05, 0.1) is 12.0 Å². The second-order valence-corrected chi connectivity index (χ2v) is 8.50. The van der Waals surface area contributed by atoms with Crippen molar-refractivity contribution in [1.29, 1.82) is 0 Å². The van der Waals surface area contributed by atoms with Crippen LogP contribution in [0.5, 0.6) is 0 Å². The van der Waals surface area contributed by atoms with Crippen molar-refractivity contribution in [1.82, 2.24) is 9.97 Å². The maximum absolute atomic E-state index is 10.6. The molecule has 0 bridgehead atoms. The standard InChI is InChI=1S/C22H25N3O3S/c1-14-6-8-15(9-7-14)12-23-21-20-16-4-2-3-5-17(16)29-22(20)25-18(24-21)10-11-28-13-19(26)27/h6-9H,2-5,10-13H2,1H3,(H,26,27)(H,23,24,25). The normalized spacial score (nSPS) is 13.4. The Morgan fingerprint density at radius 2 is 2.00 bits per heavy atom. The van der Waals surface area contributed by atoms with Gasteiger partial charge in [0, 0.05) is 17.8 Å². The van der Waals surface area contributed by atoms with Gasteiger partial charge in [-0.05, 0) is 43.7 Å². The maximum atomic E-state index is 10.6. The van der Waals surface area contributed by atoms with Crippen molar-refractivity contribution < 1.29 is 14.6 Å². The number of carbonyl (C=O) groups is 1. The summed E-state index contributed by atoms with van der Waals surface area (Å²) in [4.78, 5) is 22.6. The van der Waals surface area contributed by atoms with E-state index in [1.165, 1.54) is 34.4 Å². The molecule has 1 aliphatic rings. The number of rotatable bonds is 8. The first-order valence-electron chi connectivity index (χ1n) is 10.0. The molecule has 0 spiro atoms. The number of anilines is 1. The summed E-state index contributed by atoms with van der Waals surface area (Å²) in [7, 11) is 0. The summed E-state index contributed by atoms with van der Waals surface area (Å²) in [6.07, 6.45) is 5.13. The molecule has 0 saturated carbocycles. The highest BCUT2D eigenvalue weighted by atomic mass is 32.1. The third kappa shape index (κ3) is 4.74. The number of hydrogen-bond acceptors (Lipinski definition) is 6. The van der Waals surface area contributed by atoms with Crippen molar-refractivity contribution >= 4 is 33.3 Å². The highest BCUT2D eigenvalue weighted by Crippen LogP contribution is 2.38. The van der Waals surface area contributed by atoms with Crippen molar-refractivity contribution in [2.75, 3.05) is 18.5 Å². The molecule has 0 unspecified atom stereocenters. The molecule has 3 aromatic rings. The number of aryl methyl sites for hydroxylation is 3. The van der Waals surface area contributed by atoms with Gasteiger partial charge in [0.15, 0.2) is 0 Å². The lowest BCUT2D eigenvalue weighted by Gasteiger charge is -2.13. The van der Waals surface area contributed by atoms with Crippen molar-refractivity contribution in [3.63, 3.8) is 0 Å². The molecule has 0 fully saturated rings. The second-order valence-electron chi connectivity index (χ2n) is 7.41. The van der Waals surface area contributed by atoms with Crippen molar-refractivity contribution in [2.24, 2.45) is 0 Å². The summed E-state index contributed by atoms with van der Waals surface area (Å²) in [5, 5.41) is 13.4. The highest BCUT2D eigenvalue weighted by Gasteiger charge is 2.21. The average Bonchev–Trinajstić information content (AvgIpc) is 3.09. The molecule has 1 aliphatic carbocycles. The molecule has 29 heavy (non-hydrogen) atoms. The zero-order chi connectivity index (χ0) is 20.2. The fourth-order valence-corrected chi connectivity index (χ4v) is 4.94. The van der Waals surface area contributed by atoms with E-state index in [1.807, 2.05) is 0 Å². The van der Waals surface area contributed by atoms with Gasteiger partial charge in [-0.3, -0.25) is 0 Å². The van der Waals surface area contributed by atoms with Gasteiger partial charge in [-0.25, -0.2) is 14.8 Å². The number of nitrogens with one attached hydrogen (secondary N) is 1. The number of fused-ring (bicyclic) bond motifs is 3. The molecule has 0 atom stereocenters. The zero-order valence-electron chi connectivity index (χ0n) is 16.5. The number of carboxylic acid groups (broad SMARTS) is 1. The van der Waals surface area contributed by atoms with Crippen LogP contribution in [0.15, 0.2) is 24.3 Å². The van der Waals surface area contributed by atoms with Crippen LogP contribution in [-0.4, -0.2) is 34.3 Å². The molecule has 2 heterocycles. The van der Waals surface area contributed by atoms with Gasteiger partial charge in [-0.15, -0.1) is 11.3 Å². The van der Waals surface area contributed by atoms with Crippen molar-refractivity contribution in [3.8, 4) is 0 Å². The second kappa shape index (κ2) is 8.88. The Labute approximate surface area is 174 Å². The number of benzene rings is 1. The number of nitrogens with zero attached hydrogens (tertiary/aromatic N) is 2. The number of aromatic nitrogens is 2. The third-order valence-corrected chi connectivity index (χ3v) is 6.32. The molecule has 0 aliphatic heterocycles. The van der Waals surface area contributed by atoms with E-state index >= 15 is 0 Å². The minimum atomic E-state index is -0.965. The van der Waals surface area contributed by atoms with Crippen molar-refractivity contribution in [3.05, 3.63) is 51.7 Å². The average molecular weight is 412 g/mol. The molecular weight excluding hydrogens is 386 g/mol. The number of hydrogen-bond donors (Lipinski definition) is 2. The van der Waals surface area contributed by atoms with E-state index in [9.17, 15) is 4.79 Å². The number of ether oxygens (including phenoxy) is 1. The van der Waals surface area contributed by atoms with Crippen LogP contribution in [0.4, 0.5) is 5.82 Å². The van der Waals surface area contributed by atoms with E-state index in [4.69, 9.17) is 19.8 Å². The summed E-state index contributed by atoms with van der Waals surface area (Å²) in [6.45, 7) is 2.78. The smallest absolute Gasteiger partial charge is 0.329 e. The maximum Gasteiger partial charge on any atom is 0.329 e. The fourth-order valence-electron chi connectivity index (χ4n) is 3.66. The molecule has 0 saturated heterocycles. The van der Waals surface area contributed by atoms with Crippen LogP contribution in [-0.2, 0) is 35.3 Å². The molecule has 152 valence electrons. The molecule has 2 aromatic heterocycles. The SMILES string of the molecule is Cc1ccc(CNc2nc(CCOCC(=O)O)nc3sc4c(c23)CCCC4)cc1. The molecule has 1 aromatic carbocycles. The minimum Gasteiger partial charge on any atom is -0.480 e. The Balaban J connectivity index is 1.60. The monoisotopic (exact) mass is 411 g/mol. The molecule has 2 N–H and O–H groups in total. The predicted octanol–water partition coefficient (Wildman–Crippen LogP) is 4.13. The first-order valence-corrected chi connectivity index (χ1v) is 10.8. The largest absolute Gasteiger partial charge is 0.480 e. The van der Waals surface area contributed by atoms with Gasteiger partial charge in [-0.1, -0.05) is 29.8 Å². The Morgan fingerprint density at radius 1 is 1.21 bits per heavy atom. The molecule has 7 heteroatoms. The molecule has 0 radical (unpaired) electrons. The lowest BCUT2D eigenvalue weighted by Crippen LogP contribution is -2.11. The summed E-state index contributed by atoms with van der Waals surface area (Å²) < 4.78 is 5.18. The summed E-state index contributed by atoms with van der Waals surface area (Å²) in [6, 6.07) is 8.49. The molecular formula is C22H25N3O3S. The Kier molecular flexibility index (Phi) is 6.06. The third-order valence-electron chi connectivity index (χ3n) is 5.14. The summed E-state index contributed by atoms with van der Waals surface area (Å²) in [5.41, 5.74) is 3.85. The number of carboxylic acids is 1. The summed E-state index contributed by atoms with van der Waals surface area (Å²) in [5.74, 6) is 0.601. The van der Waals surface area contributed by atoms with Gasteiger partial charge in [0.25, 0.3) is 0 Å². The van der Waals surface area contributed by atoms with Crippen LogP contribution in [0.3, 0.4) is 0 Å². The topological polar surface area (TPSA) is 84.3 Å². The van der Waals surface area contributed by atoms with Gasteiger partial charge in [-0.2, -0.15) is 0 Å². The number of aliphatic carboxylic acids is 1. The van der Waals surface area contributed by atoms with Crippen LogP contribution in [0.2, 0.25) is 0 Å². The summed E-state index contributed by atoms with van der Waals surface area (Å²) >= 11 is 1.77. The minimum absolute atomic E-state index is 0.292. The van der Waals surface area contributed by atoms with E-state index in [2.05, 4.69) is 36.5 Å². The van der Waals surface area contributed by atoms with E-state index in [0.29, 0.717) is 25.4 Å². The Hall–Kier alpha value is -2.51. The predicted molar refractivity (Wildman–Crippen MR) is 115 cm³/mol. The van der Waals surface area contributed by atoms with Crippen LogP contribution < -0.4 is 5.32 Å². The van der Waals surface area contributed by atoms with Gasteiger partial charge < -0.3 is 15.2 Å². The van der Waals surface area contributed by atoms with Crippen molar-refractivity contribution in [2.45, 2.75) is 45.6 Å². The van der Waals surface area contributed by atoms with Crippen LogP contribution in [0.25, 0.3) is 10.2 Å². The van der Waals surface area contributed by atoms with E-state index in [1.54, 1.807) is 11.3 Å². The molecule has 0 amide bonds. The lowest BCUT2D eigenvalue weighted by molar-refractivity contribution is -0.142. The van der Waals surface area contributed by atoms with Crippen LogP contribution >= 0.6 is 11.3 Å². The van der Waals surface area contributed by atoms with Gasteiger partial charge in [0.2, 0.25) is 0 Å². The van der Waals surface area contributed by atoms with E-state index < -0.39 is 5.97 Å². The zero-order valence-corrected chi connectivity index (χ0v) is 17.3. The first kappa shape index (κ1) is 19.8. The lowest BCUT2D eigenvalue weighted by atomic mass is 9.97. The van der Waals surface area contributed by atoms with Crippen LogP contribution in [0, 0.1) is 6.92 Å². The molecule has 6 nitrogen and oxygen atoms in total. The number of thiophene rings is 1. The molecule has 4 rings (SSSR count). The van der Waals surface area contributed by atoms with Gasteiger partial charge in [0.1, 0.15) is 23.1 Å². The Bertz CT molecular complexity index is 1010. The van der Waals surface area contributed by atoms with Crippen LogP contribution in [0.1, 0.15) is 40.2 Å². The quantitative estimate of drug-likeness (QED) is 0.542.